The van der Waals surface area contributed by atoms with Gasteiger partial charge in [-0.15, -0.1) is 16.4 Å². The molecule has 0 saturated carbocycles. The van der Waals surface area contributed by atoms with Crippen LogP contribution in [0.3, 0.4) is 0 Å². The first-order valence-electron chi connectivity index (χ1n) is 5.95. The van der Waals surface area contributed by atoms with Crippen molar-refractivity contribution in [3.05, 3.63) is 32.5 Å². The van der Waals surface area contributed by atoms with Gasteiger partial charge in [0, 0.05) is 18.0 Å². The summed E-state index contributed by atoms with van der Waals surface area (Å²) in [5.41, 5.74) is 2.11. The lowest BCUT2D eigenvalue weighted by Crippen LogP contribution is -2.35. The van der Waals surface area contributed by atoms with Crippen molar-refractivity contribution >= 4 is 28.8 Å². The van der Waals surface area contributed by atoms with Gasteiger partial charge in [0.15, 0.2) is 0 Å². The van der Waals surface area contributed by atoms with Crippen molar-refractivity contribution in [3.8, 4) is 0 Å². The number of hydrogen-bond acceptors (Lipinski definition) is 5. The monoisotopic (exact) mass is 279 g/mol. The van der Waals surface area contributed by atoms with Crippen LogP contribution in [0, 0.1) is 0 Å². The zero-order valence-corrected chi connectivity index (χ0v) is 11.7. The van der Waals surface area contributed by atoms with Crippen LogP contribution >= 0.6 is 22.9 Å². The number of rotatable bonds is 2. The normalized spacial score (nSPS) is 14.6. The Bertz CT molecular complexity index is 575. The highest BCUT2D eigenvalue weighted by Gasteiger charge is 2.25. The Morgan fingerprint density at radius 1 is 1.56 bits per heavy atom. The maximum absolute atomic E-state index is 12.4. The van der Waals surface area contributed by atoms with E-state index in [1.165, 1.54) is 22.0 Å². The van der Waals surface area contributed by atoms with Crippen LogP contribution in [-0.2, 0) is 19.4 Å². The number of carbonyl (C=O) groups excluding carboxylic acids is 1. The Labute approximate surface area is 113 Å². The SMILES string of the molecule is CCc1nnsc1C(=O)N1CCc2sccc2C1. The fourth-order valence-electron chi connectivity index (χ4n) is 2.17. The zero-order valence-electron chi connectivity index (χ0n) is 10.0. The summed E-state index contributed by atoms with van der Waals surface area (Å²) in [6.07, 6.45) is 1.72. The molecule has 0 N–H and O–H groups in total. The second-order valence-electron chi connectivity index (χ2n) is 4.25. The zero-order chi connectivity index (χ0) is 12.5. The van der Waals surface area contributed by atoms with Crippen LogP contribution in [0.1, 0.15) is 32.7 Å². The second-order valence-corrected chi connectivity index (χ2v) is 6.00. The van der Waals surface area contributed by atoms with Gasteiger partial charge in [0.1, 0.15) is 4.88 Å². The van der Waals surface area contributed by atoms with Crippen molar-refractivity contribution in [2.24, 2.45) is 0 Å². The summed E-state index contributed by atoms with van der Waals surface area (Å²) in [7, 11) is 0. The van der Waals surface area contributed by atoms with Gasteiger partial charge >= 0.3 is 0 Å². The lowest BCUT2D eigenvalue weighted by atomic mass is 10.1. The minimum Gasteiger partial charge on any atom is -0.333 e. The van der Waals surface area contributed by atoms with Crippen molar-refractivity contribution < 1.29 is 4.79 Å². The third kappa shape index (κ3) is 1.95. The molecule has 2 aromatic rings. The highest BCUT2D eigenvalue weighted by Crippen LogP contribution is 2.26. The van der Waals surface area contributed by atoms with Gasteiger partial charge in [-0.1, -0.05) is 11.4 Å². The Kier molecular flexibility index (Phi) is 3.13. The molecule has 18 heavy (non-hydrogen) atoms. The van der Waals surface area contributed by atoms with Crippen molar-refractivity contribution in [1.82, 2.24) is 14.5 Å². The van der Waals surface area contributed by atoms with Crippen LogP contribution in [0.25, 0.3) is 0 Å². The Balaban J connectivity index is 1.83. The predicted octanol–water partition coefficient (Wildman–Crippen LogP) is 2.36. The molecule has 94 valence electrons. The fraction of sp³-hybridized carbons (Fsp3) is 0.417. The van der Waals surface area contributed by atoms with Crippen LogP contribution in [-0.4, -0.2) is 26.9 Å². The number of nitrogens with zero attached hydrogens (tertiary/aromatic N) is 3. The molecule has 0 unspecified atom stereocenters. The molecule has 1 aliphatic heterocycles. The molecule has 3 rings (SSSR count). The van der Waals surface area contributed by atoms with Gasteiger partial charge in [-0.05, 0) is 41.4 Å². The molecule has 0 aliphatic carbocycles. The number of aromatic nitrogens is 2. The molecule has 1 aliphatic rings. The van der Waals surface area contributed by atoms with Gasteiger partial charge in [0.25, 0.3) is 5.91 Å². The molecule has 0 atom stereocenters. The van der Waals surface area contributed by atoms with Gasteiger partial charge in [-0.3, -0.25) is 4.79 Å². The molecule has 0 saturated heterocycles. The van der Waals surface area contributed by atoms with E-state index in [1.807, 2.05) is 11.8 Å². The van der Waals surface area contributed by atoms with Crippen LogP contribution in [0.5, 0.6) is 0 Å². The van der Waals surface area contributed by atoms with Crippen LogP contribution in [0.4, 0.5) is 0 Å². The highest BCUT2D eigenvalue weighted by molar-refractivity contribution is 7.10. The maximum Gasteiger partial charge on any atom is 0.267 e. The highest BCUT2D eigenvalue weighted by atomic mass is 32.1. The molecule has 0 bridgehead atoms. The molecule has 2 aromatic heterocycles. The minimum absolute atomic E-state index is 0.0821. The number of fused-ring (bicyclic) bond motifs is 1. The van der Waals surface area contributed by atoms with Crippen molar-refractivity contribution in [2.45, 2.75) is 26.3 Å². The molecule has 0 fully saturated rings. The summed E-state index contributed by atoms with van der Waals surface area (Å²) in [6.45, 7) is 3.52. The van der Waals surface area contributed by atoms with Gasteiger partial charge in [-0.25, -0.2) is 0 Å². The molecule has 0 radical (unpaired) electrons. The molecular formula is C12H13N3OS2. The molecule has 1 amide bonds. The first-order chi connectivity index (χ1) is 8.79. The third-order valence-corrected chi connectivity index (χ3v) is 4.96. The fourth-order valence-corrected chi connectivity index (χ4v) is 3.78. The van der Waals surface area contributed by atoms with Crippen molar-refractivity contribution in [3.63, 3.8) is 0 Å². The van der Waals surface area contributed by atoms with E-state index in [0.717, 1.165) is 31.6 Å². The summed E-state index contributed by atoms with van der Waals surface area (Å²) >= 11 is 2.99. The first kappa shape index (κ1) is 11.8. The largest absolute Gasteiger partial charge is 0.333 e. The molecule has 3 heterocycles. The average Bonchev–Trinajstić information content (AvgIpc) is 3.05. The topological polar surface area (TPSA) is 46.1 Å². The lowest BCUT2D eigenvalue weighted by molar-refractivity contribution is 0.0739. The molecule has 0 aromatic carbocycles. The third-order valence-electron chi connectivity index (χ3n) is 3.18. The molecule has 6 heteroatoms. The van der Waals surface area contributed by atoms with E-state index in [0.29, 0.717) is 4.88 Å². The molecule has 4 nitrogen and oxygen atoms in total. The number of amides is 1. The van der Waals surface area contributed by atoms with E-state index < -0.39 is 0 Å². The Morgan fingerprint density at radius 2 is 2.44 bits per heavy atom. The number of hydrogen-bond donors (Lipinski definition) is 0. The first-order valence-corrected chi connectivity index (χ1v) is 7.60. The van der Waals surface area contributed by atoms with E-state index in [1.54, 1.807) is 11.3 Å². The lowest BCUT2D eigenvalue weighted by Gasteiger charge is -2.26. The number of carbonyl (C=O) groups is 1. The van der Waals surface area contributed by atoms with Crippen LogP contribution in [0.2, 0.25) is 0 Å². The molecule has 0 spiro atoms. The summed E-state index contributed by atoms with van der Waals surface area (Å²) in [5.74, 6) is 0.0821. The van der Waals surface area contributed by atoms with Gasteiger partial charge in [0.05, 0.1) is 5.69 Å². The smallest absolute Gasteiger partial charge is 0.267 e. The Morgan fingerprint density at radius 3 is 3.28 bits per heavy atom. The van der Waals surface area contributed by atoms with E-state index in [2.05, 4.69) is 21.0 Å². The quantitative estimate of drug-likeness (QED) is 0.848. The van der Waals surface area contributed by atoms with E-state index in [-0.39, 0.29) is 5.91 Å². The summed E-state index contributed by atoms with van der Waals surface area (Å²) in [4.78, 5) is 16.5. The Hall–Kier alpha value is -1.27. The van der Waals surface area contributed by atoms with E-state index in [9.17, 15) is 4.79 Å². The number of aryl methyl sites for hydroxylation is 1. The van der Waals surface area contributed by atoms with E-state index >= 15 is 0 Å². The minimum atomic E-state index is 0.0821. The van der Waals surface area contributed by atoms with Gasteiger partial charge in [-0.2, -0.15) is 0 Å². The van der Waals surface area contributed by atoms with Crippen LogP contribution in [0.15, 0.2) is 11.4 Å². The van der Waals surface area contributed by atoms with Crippen molar-refractivity contribution in [1.29, 1.82) is 0 Å². The van der Waals surface area contributed by atoms with Gasteiger partial charge < -0.3 is 4.90 Å². The second kappa shape index (κ2) is 4.78. The van der Waals surface area contributed by atoms with Crippen molar-refractivity contribution in [2.75, 3.05) is 6.54 Å². The average molecular weight is 279 g/mol. The number of thiophene rings is 1. The van der Waals surface area contributed by atoms with E-state index in [4.69, 9.17) is 0 Å². The van der Waals surface area contributed by atoms with Gasteiger partial charge in [0.2, 0.25) is 0 Å². The summed E-state index contributed by atoms with van der Waals surface area (Å²) in [6, 6.07) is 2.12. The van der Waals surface area contributed by atoms with Crippen LogP contribution < -0.4 is 0 Å². The summed E-state index contributed by atoms with van der Waals surface area (Å²) in [5, 5.41) is 6.11. The maximum atomic E-state index is 12.4. The standard InChI is InChI=1S/C12H13N3OS2/c1-2-9-11(18-14-13-9)12(16)15-5-3-10-8(7-15)4-6-17-10/h4,6H,2-3,5,7H2,1H3. The molecular weight excluding hydrogens is 266 g/mol. The predicted molar refractivity (Wildman–Crippen MR) is 72.1 cm³/mol. The summed E-state index contributed by atoms with van der Waals surface area (Å²) < 4.78 is 3.89.